The highest BCUT2D eigenvalue weighted by atomic mass is 15.1. The van der Waals surface area contributed by atoms with Crippen LogP contribution in [0.3, 0.4) is 0 Å². The summed E-state index contributed by atoms with van der Waals surface area (Å²) < 4.78 is 0. The molecule has 1 heterocycles. The van der Waals surface area contributed by atoms with E-state index >= 15 is 0 Å². The van der Waals surface area contributed by atoms with Gasteiger partial charge in [0.15, 0.2) is 0 Å². The van der Waals surface area contributed by atoms with Crippen LogP contribution in [0.15, 0.2) is 24.3 Å². The smallest absolute Gasteiger partial charge is 0.139 e. The van der Waals surface area contributed by atoms with Crippen LogP contribution in [-0.4, -0.2) is 9.97 Å². The normalized spacial score (nSPS) is 14.5. The van der Waals surface area contributed by atoms with Gasteiger partial charge in [0.2, 0.25) is 0 Å². The predicted octanol–water partition coefficient (Wildman–Crippen LogP) is 4.11. The van der Waals surface area contributed by atoms with Gasteiger partial charge in [-0.15, -0.1) is 0 Å². The molecule has 0 saturated heterocycles. The summed E-state index contributed by atoms with van der Waals surface area (Å²) in [4.78, 5) is 9.11. The predicted molar refractivity (Wildman–Crippen MR) is 87.0 cm³/mol. The summed E-state index contributed by atoms with van der Waals surface area (Å²) in [6, 6.07) is 8.34. The Kier molecular flexibility index (Phi) is 3.53. The van der Waals surface area contributed by atoms with Gasteiger partial charge in [0.1, 0.15) is 17.5 Å². The number of hydrogen-bond acceptors (Lipinski definition) is 4. The van der Waals surface area contributed by atoms with Crippen molar-refractivity contribution in [1.29, 1.82) is 0 Å². The Hall–Kier alpha value is -2.10. The van der Waals surface area contributed by atoms with Gasteiger partial charge in [0.25, 0.3) is 0 Å². The maximum atomic E-state index is 6.05. The summed E-state index contributed by atoms with van der Waals surface area (Å²) in [5.41, 5.74) is 9.33. The molecule has 2 aromatic rings. The second kappa shape index (κ2) is 5.35. The van der Waals surface area contributed by atoms with E-state index in [9.17, 15) is 0 Å². The zero-order valence-electron chi connectivity index (χ0n) is 12.9. The average molecular weight is 282 g/mol. The van der Waals surface area contributed by atoms with Crippen molar-refractivity contribution >= 4 is 17.3 Å². The summed E-state index contributed by atoms with van der Waals surface area (Å²) in [7, 11) is 0. The Morgan fingerprint density at radius 1 is 1.19 bits per heavy atom. The van der Waals surface area contributed by atoms with Crippen molar-refractivity contribution in [3.8, 4) is 0 Å². The van der Waals surface area contributed by atoms with E-state index in [0.29, 0.717) is 17.7 Å². The molecular weight excluding hydrogens is 260 g/mol. The van der Waals surface area contributed by atoms with Crippen LogP contribution in [0.25, 0.3) is 0 Å². The van der Waals surface area contributed by atoms with Crippen molar-refractivity contribution in [3.63, 3.8) is 0 Å². The van der Waals surface area contributed by atoms with Crippen molar-refractivity contribution < 1.29 is 0 Å². The highest BCUT2D eigenvalue weighted by Crippen LogP contribution is 2.39. The Bertz CT molecular complexity index is 660. The first kappa shape index (κ1) is 13.9. The summed E-state index contributed by atoms with van der Waals surface area (Å²) >= 11 is 0. The van der Waals surface area contributed by atoms with Gasteiger partial charge >= 0.3 is 0 Å². The summed E-state index contributed by atoms with van der Waals surface area (Å²) in [5.74, 6) is 3.24. The highest BCUT2D eigenvalue weighted by Gasteiger charge is 2.28. The van der Waals surface area contributed by atoms with Gasteiger partial charge in [-0.1, -0.05) is 32.0 Å². The minimum Gasteiger partial charge on any atom is -0.383 e. The van der Waals surface area contributed by atoms with Gasteiger partial charge in [-0.2, -0.15) is 0 Å². The summed E-state index contributed by atoms with van der Waals surface area (Å²) in [6.07, 6.45) is 2.34. The zero-order chi connectivity index (χ0) is 15.0. The van der Waals surface area contributed by atoms with Gasteiger partial charge in [0.05, 0.1) is 0 Å². The molecule has 1 aromatic carbocycles. The number of nitrogens with zero attached hydrogens (tertiary/aromatic N) is 2. The van der Waals surface area contributed by atoms with Gasteiger partial charge in [0, 0.05) is 17.2 Å². The van der Waals surface area contributed by atoms with Crippen LogP contribution in [0.5, 0.6) is 0 Å². The van der Waals surface area contributed by atoms with Gasteiger partial charge in [-0.05, 0) is 37.3 Å². The second-order valence-electron chi connectivity index (χ2n) is 6.08. The van der Waals surface area contributed by atoms with Gasteiger partial charge in [-0.25, -0.2) is 9.97 Å². The number of nitrogens with two attached hydrogens (primary N) is 1. The van der Waals surface area contributed by atoms with E-state index in [1.807, 2.05) is 13.0 Å². The van der Waals surface area contributed by atoms with E-state index in [4.69, 9.17) is 5.73 Å². The third-order valence-corrected chi connectivity index (χ3v) is 3.98. The Morgan fingerprint density at radius 2 is 1.90 bits per heavy atom. The molecule has 1 aromatic heterocycles. The van der Waals surface area contributed by atoms with Crippen LogP contribution in [-0.2, 0) is 0 Å². The fourth-order valence-corrected chi connectivity index (χ4v) is 2.44. The van der Waals surface area contributed by atoms with Crippen LogP contribution in [0.4, 0.5) is 17.3 Å². The first-order valence-electron chi connectivity index (χ1n) is 7.56. The van der Waals surface area contributed by atoms with Crippen LogP contribution >= 0.6 is 0 Å². The molecule has 3 N–H and O–H groups in total. The topological polar surface area (TPSA) is 63.8 Å². The fraction of sp³-hybridized carbons (Fsp3) is 0.412. The molecule has 0 bridgehead atoms. The molecule has 4 nitrogen and oxygen atoms in total. The molecule has 0 amide bonds. The van der Waals surface area contributed by atoms with E-state index in [1.54, 1.807) is 0 Å². The number of para-hydroxylation sites is 1. The molecule has 1 saturated carbocycles. The summed E-state index contributed by atoms with van der Waals surface area (Å²) in [6.45, 7) is 6.35. The highest BCUT2D eigenvalue weighted by molar-refractivity contribution is 5.66. The standard InChI is InChI=1S/C17H22N4/c1-10(2)13-6-4-5-7-14(13)19-16-11(3)15(18)20-17(21-16)12-8-9-12/h4-7,10,12H,8-9H2,1-3H3,(H3,18,19,20,21). The molecule has 4 heteroatoms. The maximum Gasteiger partial charge on any atom is 0.139 e. The number of rotatable bonds is 4. The van der Waals surface area contributed by atoms with E-state index in [0.717, 1.165) is 22.9 Å². The molecule has 0 aliphatic heterocycles. The molecule has 3 rings (SSSR count). The van der Waals surface area contributed by atoms with E-state index in [2.05, 4.69) is 47.3 Å². The zero-order valence-corrected chi connectivity index (χ0v) is 12.9. The lowest BCUT2D eigenvalue weighted by molar-refractivity contribution is 0.868. The molecule has 110 valence electrons. The molecule has 1 aliphatic rings. The molecule has 0 atom stereocenters. The minimum absolute atomic E-state index is 0.455. The lowest BCUT2D eigenvalue weighted by atomic mass is 10.0. The number of anilines is 3. The van der Waals surface area contributed by atoms with E-state index in [-0.39, 0.29) is 0 Å². The average Bonchev–Trinajstić information content (AvgIpc) is 3.28. The van der Waals surface area contributed by atoms with Crippen molar-refractivity contribution in [2.45, 2.75) is 45.4 Å². The van der Waals surface area contributed by atoms with Crippen LogP contribution in [0.2, 0.25) is 0 Å². The molecule has 0 spiro atoms. The Morgan fingerprint density at radius 3 is 2.57 bits per heavy atom. The van der Waals surface area contributed by atoms with Crippen LogP contribution in [0, 0.1) is 6.92 Å². The third kappa shape index (κ3) is 2.84. The van der Waals surface area contributed by atoms with Crippen molar-refractivity contribution in [1.82, 2.24) is 9.97 Å². The molecule has 0 radical (unpaired) electrons. The summed E-state index contributed by atoms with van der Waals surface area (Å²) in [5, 5.41) is 3.45. The fourth-order valence-electron chi connectivity index (χ4n) is 2.44. The maximum absolute atomic E-state index is 6.05. The van der Waals surface area contributed by atoms with Gasteiger partial charge in [-0.3, -0.25) is 0 Å². The minimum atomic E-state index is 0.455. The lowest BCUT2D eigenvalue weighted by Gasteiger charge is -2.16. The monoisotopic (exact) mass is 282 g/mol. The number of hydrogen-bond donors (Lipinski definition) is 2. The Labute approximate surface area is 125 Å². The van der Waals surface area contributed by atoms with E-state index < -0.39 is 0 Å². The molecule has 0 unspecified atom stereocenters. The first-order chi connectivity index (χ1) is 10.1. The van der Waals surface area contributed by atoms with Crippen molar-refractivity contribution in [3.05, 3.63) is 41.2 Å². The SMILES string of the molecule is Cc1c(N)nc(C2CC2)nc1Nc1ccccc1C(C)C. The van der Waals surface area contributed by atoms with Gasteiger partial charge < -0.3 is 11.1 Å². The quantitative estimate of drug-likeness (QED) is 0.885. The first-order valence-corrected chi connectivity index (χ1v) is 7.56. The van der Waals surface area contributed by atoms with Crippen LogP contribution in [0.1, 0.15) is 55.5 Å². The largest absolute Gasteiger partial charge is 0.383 e. The number of benzene rings is 1. The third-order valence-electron chi connectivity index (χ3n) is 3.98. The van der Waals surface area contributed by atoms with Crippen molar-refractivity contribution in [2.24, 2.45) is 0 Å². The van der Waals surface area contributed by atoms with E-state index in [1.165, 1.54) is 18.4 Å². The molecule has 1 aliphatic carbocycles. The lowest BCUT2D eigenvalue weighted by Crippen LogP contribution is -2.07. The number of nitrogen functional groups attached to an aromatic ring is 1. The molecular formula is C17H22N4. The Balaban J connectivity index is 1.98. The number of nitrogens with one attached hydrogen (secondary N) is 1. The molecule has 1 fully saturated rings. The van der Waals surface area contributed by atoms with Crippen molar-refractivity contribution in [2.75, 3.05) is 11.1 Å². The number of aromatic nitrogens is 2. The molecule has 21 heavy (non-hydrogen) atoms. The second-order valence-corrected chi connectivity index (χ2v) is 6.08. The van der Waals surface area contributed by atoms with Crippen LogP contribution < -0.4 is 11.1 Å².